The first kappa shape index (κ1) is 20.6. The Balaban J connectivity index is 1.50. The fourth-order valence-corrected chi connectivity index (χ4v) is 4.38. The molecule has 1 fully saturated rings. The summed E-state index contributed by atoms with van der Waals surface area (Å²) in [5.41, 5.74) is 2.33. The molecule has 0 aliphatic carbocycles. The van der Waals surface area contributed by atoms with Crippen LogP contribution in [0.1, 0.15) is 11.1 Å². The van der Waals surface area contributed by atoms with Crippen molar-refractivity contribution >= 4 is 57.6 Å². The number of rotatable bonds is 5. The van der Waals surface area contributed by atoms with Crippen LogP contribution >= 0.6 is 35.6 Å². The summed E-state index contributed by atoms with van der Waals surface area (Å²) >= 11 is 12.7. The molecule has 0 spiro atoms. The Morgan fingerprint density at radius 2 is 1.83 bits per heavy atom. The van der Waals surface area contributed by atoms with Crippen molar-refractivity contribution in [3.63, 3.8) is 0 Å². The molecule has 3 aromatic rings. The minimum absolute atomic E-state index is 0.190. The maximum atomic E-state index is 13.0. The molecule has 7 heteroatoms. The molecule has 3 nitrogen and oxygen atoms in total. The van der Waals surface area contributed by atoms with Crippen molar-refractivity contribution in [3.8, 4) is 5.75 Å². The molecule has 4 rings (SSSR count). The first-order valence-corrected chi connectivity index (χ1v) is 10.6. The number of hydrogen-bond acceptors (Lipinski definition) is 4. The summed E-state index contributed by atoms with van der Waals surface area (Å²) in [7, 11) is 0. The van der Waals surface area contributed by atoms with Gasteiger partial charge in [0.25, 0.3) is 5.91 Å². The normalized spacial score (nSPS) is 15.1. The van der Waals surface area contributed by atoms with Crippen LogP contribution < -0.4 is 9.64 Å². The van der Waals surface area contributed by atoms with Gasteiger partial charge in [-0.15, -0.1) is 0 Å². The van der Waals surface area contributed by atoms with Gasteiger partial charge in [-0.25, -0.2) is 4.39 Å². The number of hydrogen-bond donors (Lipinski definition) is 0. The fraction of sp³-hybridized carbons (Fsp3) is 0.0435. The maximum Gasteiger partial charge on any atom is 0.270 e. The fourth-order valence-electron chi connectivity index (χ4n) is 2.90. The van der Waals surface area contributed by atoms with Gasteiger partial charge in [0.1, 0.15) is 18.2 Å². The second kappa shape index (κ2) is 9.00. The Bertz CT molecular complexity index is 1150. The number of thioether (sulfide) groups is 1. The van der Waals surface area contributed by atoms with E-state index < -0.39 is 0 Å². The van der Waals surface area contributed by atoms with E-state index in [0.29, 0.717) is 32.3 Å². The van der Waals surface area contributed by atoms with E-state index in [-0.39, 0.29) is 11.7 Å². The van der Waals surface area contributed by atoms with Crippen molar-refractivity contribution in [1.29, 1.82) is 0 Å². The van der Waals surface area contributed by atoms with Crippen LogP contribution in [-0.2, 0) is 11.4 Å². The number of carbonyl (C=O) groups excluding carboxylic acids is 1. The van der Waals surface area contributed by atoms with E-state index in [0.717, 1.165) is 11.1 Å². The highest BCUT2D eigenvalue weighted by molar-refractivity contribution is 8.27. The molecule has 0 saturated carbocycles. The Morgan fingerprint density at radius 3 is 2.60 bits per heavy atom. The Morgan fingerprint density at radius 1 is 1.07 bits per heavy atom. The Kier molecular flexibility index (Phi) is 6.18. The SMILES string of the molecule is O=C1/C(=C\c2cccc(OCc3ccc(F)cc3)c2)SC(=S)N1c1cccc(Cl)c1. The number of halogens is 2. The molecule has 0 aromatic heterocycles. The predicted molar refractivity (Wildman–Crippen MR) is 124 cm³/mol. The van der Waals surface area contributed by atoms with Crippen molar-refractivity contribution in [3.05, 3.63) is 99.7 Å². The van der Waals surface area contributed by atoms with Crippen molar-refractivity contribution < 1.29 is 13.9 Å². The molecule has 0 radical (unpaired) electrons. The third-order valence-corrected chi connectivity index (χ3v) is 5.87. The zero-order chi connectivity index (χ0) is 21.1. The highest BCUT2D eigenvalue weighted by atomic mass is 35.5. The molecule has 1 aliphatic rings. The van der Waals surface area contributed by atoms with Gasteiger partial charge in [-0.1, -0.05) is 65.9 Å². The lowest BCUT2D eigenvalue weighted by Gasteiger charge is -2.14. The molecule has 30 heavy (non-hydrogen) atoms. The number of benzene rings is 3. The Hall–Kier alpha value is -2.67. The van der Waals surface area contributed by atoms with Gasteiger partial charge in [0.05, 0.1) is 10.6 Å². The predicted octanol–water partition coefficient (Wildman–Crippen LogP) is 6.46. The zero-order valence-corrected chi connectivity index (χ0v) is 17.9. The minimum atomic E-state index is -0.282. The Labute approximate surface area is 188 Å². The average molecular weight is 456 g/mol. The molecule has 1 saturated heterocycles. The van der Waals surface area contributed by atoms with Gasteiger partial charge < -0.3 is 4.74 Å². The number of ether oxygens (including phenoxy) is 1. The number of thiocarbonyl (C=S) groups is 1. The first-order valence-electron chi connectivity index (χ1n) is 9.00. The van der Waals surface area contributed by atoms with Crippen LogP contribution in [0.15, 0.2) is 77.7 Å². The van der Waals surface area contributed by atoms with Crippen LogP contribution in [0.3, 0.4) is 0 Å². The summed E-state index contributed by atoms with van der Waals surface area (Å²) in [5, 5.41) is 0.538. The van der Waals surface area contributed by atoms with E-state index in [1.807, 2.05) is 24.3 Å². The molecule has 1 aliphatic heterocycles. The van der Waals surface area contributed by atoms with Crippen LogP contribution in [0.4, 0.5) is 10.1 Å². The topological polar surface area (TPSA) is 29.5 Å². The molecule has 1 heterocycles. The average Bonchev–Trinajstić information content (AvgIpc) is 3.01. The molecule has 0 atom stereocenters. The zero-order valence-electron chi connectivity index (χ0n) is 15.5. The van der Waals surface area contributed by atoms with Gasteiger partial charge in [0, 0.05) is 5.02 Å². The minimum Gasteiger partial charge on any atom is -0.489 e. The van der Waals surface area contributed by atoms with Crippen molar-refractivity contribution in [2.75, 3.05) is 4.90 Å². The van der Waals surface area contributed by atoms with Gasteiger partial charge in [0.15, 0.2) is 4.32 Å². The quantitative estimate of drug-likeness (QED) is 0.326. The number of nitrogens with zero attached hydrogens (tertiary/aromatic N) is 1. The molecular weight excluding hydrogens is 441 g/mol. The van der Waals surface area contributed by atoms with E-state index >= 15 is 0 Å². The van der Waals surface area contributed by atoms with Gasteiger partial charge >= 0.3 is 0 Å². The van der Waals surface area contributed by atoms with Gasteiger partial charge in [0.2, 0.25) is 0 Å². The summed E-state index contributed by atoms with van der Waals surface area (Å²) in [6.07, 6.45) is 1.79. The summed E-state index contributed by atoms with van der Waals surface area (Å²) in [6.45, 7) is 0.320. The summed E-state index contributed by atoms with van der Waals surface area (Å²) in [6, 6.07) is 20.6. The third kappa shape index (κ3) is 4.73. The summed E-state index contributed by atoms with van der Waals surface area (Å²) in [5.74, 6) is 0.180. The molecule has 150 valence electrons. The molecule has 0 unspecified atom stereocenters. The molecule has 0 N–H and O–H groups in total. The van der Waals surface area contributed by atoms with Gasteiger partial charge in [-0.05, 0) is 59.7 Å². The molecule has 1 amide bonds. The lowest BCUT2D eigenvalue weighted by molar-refractivity contribution is -0.113. The summed E-state index contributed by atoms with van der Waals surface area (Å²) < 4.78 is 19.3. The van der Waals surface area contributed by atoms with Crippen LogP contribution in [0.5, 0.6) is 5.75 Å². The van der Waals surface area contributed by atoms with E-state index in [9.17, 15) is 9.18 Å². The van der Waals surface area contributed by atoms with Crippen molar-refractivity contribution in [2.24, 2.45) is 0 Å². The maximum absolute atomic E-state index is 13.0. The lowest BCUT2D eigenvalue weighted by atomic mass is 10.2. The van der Waals surface area contributed by atoms with E-state index in [1.165, 1.54) is 28.8 Å². The second-order valence-electron chi connectivity index (χ2n) is 6.48. The lowest BCUT2D eigenvalue weighted by Crippen LogP contribution is -2.27. The van der Waals surface area contributed by atoms with Crippen LogP contribution in [0, 0.1) is 5.82 Å². The third-order valence-electron chi connectivity index (χ3n) is 4.33. The smallest absolute Gasteiger partial charge is 0.270 e. The number of amides is 1. The number of carbonyl (C=O) groups is 1. The van der Waals surface area contributed by atoms with Crippen LogP contribution in [-0.4, -0.2) is 10.2 Å². The van der Waals surface area contributed by atoms with Crippen molar-refractivity contribution in [2.45, 2.75) is 6.61 Å². The second-order valence-corrected chi connectivity index (χ2v) is 8.60. The first-order chi connectivity index (χ1) is 14.5. The van der Waals surface area contributed by atoms with Gasteiger partial charge in [-0.3, -0.25) is 9.69 Å². The number of anilines is 1. The van der Waals surface area contributed by atoms with Crippen LogP contribution in [0.2, 0.25) is 5.02 Å². The molecule has 3 aromatic carbocycles. The largest absolute Gasteiger partial charge is 0.489 e. The molecule has 0 bridgehead atoms. The van der Waals surface area contributed by atoms with E-state index in [4.69, 9.17) is 28.6 Å². The molecular formula is C23H15ClFNO2S2. The summed E-state index contributed by atoms with van der Waals surface area (Å²) in [4.78, 5) is 14.9. The van der Waals surface area contributed by atoms with Gasteiger partial charge in [-0.2, -0.15) is 0 Å². The highest BCUT2D eigenvalue weighted by Crippen LogP contribution is 2.37. The van der Waals surface area contributed by atoms with Crippen molar-refractivity contribution in [1.82, 2.24) is 0 Å². The van der Waals surface area contributed by atoms with Crippen LogP contribution in [0.25, 0.3) is 6.08 Å². The standard InChI is InChI=1S/C23H15ClFNO2S2/c24-17-4-2-5-19(13-17)26-22(27)21(30-23(26)29)12-16-3-1-6-20(11-16)28-14-15-7-9-18(25)10-8-15/h1-13H,14H2/b21-12+. The van der Waals surface area contributed by atoms with E-state index in [1.54, 1.807) is 42.5 Å². The highest BCUT2D eigenvalue weighted by Gasteiger charge is 2.33. The monoisotopic (exact) mass is 455 g/mol. The van der Waals surface area contributed by atoms with E-state index in [2.05, 4.69) is 0 Å².